The number of aromatic hydroxyl groups is 1. The Labute approximate surface area is 95.5 Å². The first-order valence-corrected chi connectivity index (χ1v) is 5.40. The maximum absolute atomic E-state index is 11.6. The normalized spacial score (nSPS) is 12.2. The Bertz CT molecular complexity index is 377. The summed E-state index contributed by atoms with van der Waals surface area (Å²) in [5, 5.41) is 12.2. The highest BCUT2D eigenvalue weighted by Crippen LogP contribution is 2.23. The number of aryl methyl sites for hydroxylation is 1. The predicted molar refractivity (Wildman–Crippen MR) is 64.4 cm³/mol. The van der Waals surface area contributed by atoms with E-state index in [2.05, 4.69) is 5.32 Å². The van der Waals surface area contributed by atoms with E-state index in [0.29, 0.717) is 12.1 Å². The zero-order chi connectivity index (χ0) is 12.1. The fourth-order valence-electron chi connectivity index (χ4n) is 1.41. The Morgan fingerprint density at radius 3 is 2.81 bits per heavy atom. The molecule has 4 heteroatoms. The molecule has 0 radical (unpaired) electrons. The van der Waals surface area contributed by atoms with Gasteiger partial charge in [-0.25, -0.2) is 0 Å². The van der Waals surface area contributed by atoms with Crippen molar-refractivity contribution in [3.05, 3.63) is 23.8 Å². The number of rotatable bonds is 4. The molecule has 0 heterocycles. The fourth-order valence-corrected chi connectivity index (χ4v) is 1.41. The quantitative estimate of drug-likeness (QED) is 0.679. The molecule has 1 aromatic rings. The second-order valence-corrected chi connectivity index (χ2v) is 3.91. The molecule has 0 aromatic heterocycles. The first-order chi connectivity index (χ1) is 7.54. The number of carbonyl (C=O) groups is 1. The Balaban J connectivity index is 2.69. The van der Waals surface area contributed by atoms with Gasteiger partial charge < -0.3 is 16.2 Å². The number of anilines is 1. The third-order valence-electron chi connectivity index (χ3n) is 2.35. The second kappa shape index (κ2) is 5.51. The third kappa shape index (κ3) is 3.24. The summed E-state index contributed by atoms with van der Waals surface area (Å²) in [6, 6.07) is 4.56. The average Bonchev–Trinajstić information content (AvgIpc) is 2.22. The van der Waals surface area contributed by atoms with Crippen LogP contribution in [0.3, 0.4) is 0 Å². The monoisotopic (exact) mass is 222 g/mol. The van der Waals surface area contributed by atoms with Crippen LogP contribution in [0, 0.1) is 6.92 Å². The molecule has 4 nitrogen and oxygen atoms in total. The summed E-state index contributed by atoms with van der Waals surface area (Å²) < 4.78 is 0. The van der Waals surface area contributed by atoms with E-state index in [-0.39, 0.29) is 11.7 Å². The molecule has 0 spiro atoms. The summed E-state index contributed by atoms with van der Waals surface area (Å²) in [5.41, 5.74) is 7.00. The van der Waals surface area contributed by atoms with Crippen molar-refractivity contribution in [2.75, 3.05) is 5.32 Å². The van der Waals surface area contributed by atoms with Crippen molar-refractivity contribution in [2.24, 2.45) is 5.73 Å². The molecule has 0 bridgehead atoms. The first-order valence-electron chi connectivity index (χ1n) is 5.40. The van der Waals surface area contributed by atoms with Crippen molar-refractivity contribution in [3.63, 3.8) is 0 Å². The van der Waals surface area contributed by atoms with Gasteiger partial charge in [-0.2, -0.15) is 0 Å². The van der Waals surface area contributed by atoms with Crippen molar-refractivity contribution >= 4 is 11.6 Å². The molecule has 0 saturated heterocycles. The number of phenols is 1. The molecule has 1 aromatic carbocycles. The third-order valence-corrected chi connectivity index (χ3v) is 2.35. The summed E-state index contributed by atoms with van der Waals surface area (Å²) in [4.78, 5) is 11.6. The zero-order valence-electron chi connectivity index (χ0n) is 9.66. The number of hydrogen-bond donors (Lipinski definition) is 3. The predicted octanol–water partition coefficient (Wildman–Crippen LogP) is 1.77. The smallest absolute Gasteiger partial charge is 0.241 e. The minimum Gasteiger partial charge on any atom is -0.506 e. The van der Waals surface area contributed by atoms with Crippen LogP contribution in [0.4, 0.5) is 5.69 Å². The number of nitrogens with one attached hydrogen (secondary N) is 1. The summed E-state index contributed by atoms with van der Waals surface area (Å²) >= 11 is 0. The Morgan fingerprint density at radius 1 is 1.56 bits per heavy atom. The van der Waals surface area contributed by atoms with Gasteiger partial charge in [-0.1, -0.05) is 19.4 Å². The molecule has 1 unspecified atom stereocenters. The van der Waals surface area contributed by atoms with Crippen molar-refractivity contribution in [1.82, 2.24) is 0 Å². The SMILES string of the molecule is CCCC(N)C(=O)Nc1ccc(C)cc1O. The van der Waals surface area contributed by atoms with Gasteiger partial charge in [-0.15, -0.1) is 0 Å². The van der Waals surface area contributed by atoms with Crippen molar-refractivity contribution in [2.45, 2.75) is 32.7 Å². The lowest BCUT2D eigenvalue weighted by Crippen LogP contribution is -2.35. The molecule has 0 saturated carbocycles. The van der Waals surface area contributed by atoms with E-state index >= 15 is 0 Å². The first kappa shape index (κ1) is 12.5. The van der Waals surface area contributed by atoms with E-state index < -0.39 is 6.04 Å². The minimum absolute atomic E-state index is 0.0667. The number of amides is 1. The molecule has 1 atom stereocenters. The summed E-state index contributed by atoms with van der Waals surface area (Å²) in [6.45, 7) is 3.84. The minimum atomic E-state index is -0.522. The van der Waals surface area contributed by atoms with Gasteiger partial charge >= 0.3 is 0 Å². The van der Waals surface area contributed by atoms with Crippen LogP contribution in [0.15, 0.2) is 18.2 Å². The van der Waals surface area contributed by atoms with Gasteiger partial charge in [0.05, 0.1) is 11.7 Å². The fraction of sp³-hybridized carbons (Fsp3) is 0.417. The Morgan fingerprint density at radius 2 is 2.25 bits per heavy atom. The van der Waals surface area contributed by atoms with Crippen LogP contribution in [-0.2, 0) is 4.79 Å². The highest BCUT2D eigenvalue weighted by atomic mass is 16.3. The van der Waals surface area contributed by atoms with E-state index in [1.807, 2.05) is 19.9 Å². The van der Waals surface area contributed by atoms with E-state index in [1.54, 1.807) is 12.1 Å². The van der Waals surface area contributed by atoms with E-state index in [9.17, 15) is 9.90 Å². The van der Waals surface area contributed by atoms with Crippen LogP contribution >= 0.6 is 0 Å². The topological polar surface area (TPSA) is 75.4 Å². The van der Waals surface area contributed by atoms with Gasteiger partial charge in [0.1, 0.15) is 5.75 Å². The molecule has 0 aliphatic rings. The van der Waals surface area contributed by atoms with Gasteiger partial charge in [0.2, 0.25) is 5.91 Å². The molecule has 0 aliphatic heterocycles. The largest absolute Gasteiger partial charge is 0.506 e. The summed E-state index contributed by atoms with van der Waals surface area (Å²) in [6.07, 6.45) is 1.49. The second-order valence-electron chi connectivity index (χ2n) is 3.91. The lowest BCUT2D eigenvalue weighted by atomic mass is 10.1. The van der Waals surface area contributed by atoms with Gasteiger partial charge in [0, 0.05) is 0 Å². The molecular weight excluding hydrogens is 204 g/mol. The van der Waals surface area contributed by atoms with Crippen LogP contribution in [0.5, 0.6) is 5.75 Å². The van der Waals surface area contributed by atoms with Crippen LogP contribution in [0.1, 0.15) is 25.3 Å². The zero-order valence-corrected chi connectivity index (χ0v) is 9.66. The highest BCUT2D eigenvalue weighted by Gasteiger charge is 2.13. The molecule has 1 rings (SSSR count). The molecule has 88 valence electrons. The van der Waals surface area contributed by atoms with Crippen molar-refractivity contribution in [1.29, 1.82) is 0 Å². The number of hydrogen-bond acceptors (Lipinski definition) is 3. The molecule has 0 aliphatic carbocycles. The number of carbonyl (C=O) groups excluding carboxylic acids is 1. The maximum Gasteiger partial charge on any atom is 0.241 e. The lowest BCUT2D eigenvalue weighted by Gasteiger charge is -2.12. The lowest BCUT2D eigenvalue weighted by molar-refractivity contribution is -0.117. The van der Waals surface area contributed by atoms with Gasteiger partial charge in [0.25, 0.3) is 0 Å². The highest BCUT2D eigenvalue weighted by molar-refractivity contribution is 5.95. The summed E-state index contributed by atoms with van der Waals surface area (Å²) in [7, 11) is 0. The standard InChI is InChI=1S/C12H18N2O2/c1-3-4-9(13)12(16)14-10-6-5-8(2)7-11(10)15/h5-7,9,15H,3-4,13H2,1-2H3,(H,14,16). The van der Waals surface area contributed by atoms with Crippen LogP contribution in [-0.4, -0.2) is 17.1 Å². The number of nitrogens with two attached hydrogens (primary N) is 1. The number of phenolic OH excluding ortho intramolecular Hbond substituents is 1. The Kier molecular flexibility index (Phi) is 4.31. The van der Waals surface area contributed by atoms with Crippen LogP contribution in [0.2, 0.25) is 0 Å². The molecule has 16 heavy (non-hydrogen) atoms. The van der Waals surface area contributed by atoms with E-state index in [0.717, 1.165) is 12.0 Å². The van der Waals surface area contributed by atoms with E-state index in [4.69, 9.17) is 5.73 Å². The van der Waals surface area contributed by atoms with Gasteiger partial charge in [0.15, 0.2) is 0 Å². The number of benzene rings is 1. The van der Waals surface area contributed by atoms with Crippen molar-refractivity contribution < 1.29 is 9.90 Å². The Hall–Kier alpha value is -1.55. The van der Waals surface area contributed by atoms with Gasteiger partial charge in [-0.05, 0) is 31.0 Å². The average molecular weight is 222 g/mol. The van der Waals surface area contributed by atoms with Crippen LogP contribution < -0.4 is 11.1 Å². The molecule has 1 amide bonds. The summed E-state index contributed by atoms with van der Waals surface area (Å²) in [5.74, 6) is -0.196. The van der Waals surface area contributed by atoms with Crippen LogP contribution in [0.25, 0.3) is 0 Å². The molecule has 0 fully saturated rings. The molecule has 4 N–H and O–H groups in total. The van der Waals surface area contributed by atoms with Crippen molar-refractivity contribution in [3.8, 4) is 5.75 Å². The van der Waals surface area contributed by atoms with E-state index in [1.165, 1.54) is 0 Å². The van der Waals surface area contributed by atoms with Gasteiger partial charge in [-0.3, -0.25) is 4.79 Å². The molecular formula is C12H18N2O2. The maximum atomic E-state index is 11.6.